The number of nitrogens with one attached hydrogen (secondary N) is 2. The maximum Gasteiger partial charge on any atom is 0.286 e. The van der Waals surface area contributed by atoms with Crippen LogP contribution in [0.3, 0.4) is 0 Å². The normalized spacial score (nSPS) is 19.2. The lowest BCUT2D eigenvalue weighted by molar-refractivity contribution is -0.129. The number of halogens is 1. The molecule has 2 aliphatic heterocycles. The van der Waals surface area contributed by atoms with E-state index in [0.29, 0.717) is 17.9 Å². The molecule has 4 rings (SSSR count). The summed E-state index contributed by atoms with van der Waals surface area (Å²) in [5.74, 6) is -1.71. The lowest BCUT2D eigenvalue weighted by atomic mass is 9.89. The maximum atomic E-state index is 13.6. The number of anilines is 2. The van der Waals surface area contributed by atoms with Crippen LogP contribution in [0.2, 0.25) is 0 Å². The van der Waals surface area contributed by atoms with Crippen molar-refractivity contribution in [3.05, 3.63) is 65.2 Å². The Bertz CT molecular complexity index is 1530. The molecule has 0 saturated heterocycles. The summed E-state index contributed by atoms with van der Waals surface area (Å²) in [6.07, 6.45) is 2.25. The SMILES string of the molecule is CC(C)CCC1CN(Cc2ccc(F)cc2)C(=O)C(C2=NS(=O)(=O)c3cc(NS(C)(=O)=O)ccc3N2)=C1O. The Morgan fingerprint density at radius 2 is 1.89 bits per heavy atom. The lowest BCUT2D eigenvalue weighted by Gasteiger charge is -2.35. The van der Waals surface area contributed by atoms with Crippen molar-refractivity contribution >= 4 is 43.2 Å². The largest absolute Gasteiger partial charge is 0.511 e. The van der Waals surface area contributed by atoms with E-state index < -0.39 is 37.7 Å². The molecule has 2 aliphatic rings. The average molecular weight is 565 g/mol. The first-order valence-electron chi connectivity index (χ1n) is 11.9. The summed E-state index contributed by atoms with van der Waals surface area (Å²) in [7, 11) is -8.01. The lowest BCUT2D eigenvalue weighted by Crippen LogP contribution is -2.45. The number of aliphatic hydroxyl groups is 1. The van der Waals surface area contributed by atoms with E-state index in [-0.39, 0.29) is 46.5 Å². The third kappa shape index (κ3) is 6.16. The third-order valence-corrected chi connectivity index (χ3v) is 8.15. The van der Waals surface area contributed by atoms with Crippen LogP contribution in [-0.4, -0.2) is 51.4 Å². The number of carbonyl (C=O) groups is 1. The topological polar surface area (TPSA) is 145 Å². The zero-order chi connectivity index (χ0) is 27.8. The van der Waals surface area contributed by atoms with Gasteiger partial charge in [-0.05, 0) is 48.2 Å². The number of aliphatic hydroxyl groups excluding tert-OH is 1. The van der Waals surface area contributed by atoms with Crippen molar-refractivity contribution in [3.8, 4) is 0 Å². The molecular weight excluding hydrogens is 535 g/mol. The van der Waals surface area contributed by atoms with E-state index in [2.05, 4.69) is 14.4 Å². The van der Waals surface area contributed by atoms with Crippen LogP contribution < -0.4 is 10.0 Å². The number of amidine groups is 1. The molecule has 13 heteroatoms. The molecule has 1 unspecified atom stereocenters. The molecule has 0 spiro atoms. The van der Waals surface area contributed by atoms with Gasteiger partial charge in [-0.1, -0.05) is 32.4 Å². The number of benzene rings is 2. The van der Waals surface area contributed by atoms with E-state index in [4.69, 9.17) is 0 Å². The summed E-state index contributed by atoms with van der Waals surface area (Å²) in [6, 6.07) is 9.55. The van der Waals surface area contributed by atoms with Crippen LogP contribution >= 0.6 is 0 Å². The smallest absolute Gasteiger partial charge is 0.286 e. The Kier molecular flexibility index (Phi) is 7.53. The number of carbonyl (C=O) groups excluding carboxylic acids is 1. The molecule has 204 valence electrons. The van der Waals surface area contributed by atoms with E-state index in [1.807, 2.05) is 13.8 Å². The standard InChI is InChI=1S/C25H29FN4O6S2/c1-15(2)4-7-17-14-30(13-16-5-8-18(26)9-6-16)25(32)22(23(17)31)24-27-20-11-10-19(28-37(3,33)34)12-21(20)38(35,36)29-24/h5-6,8-12,15,17,28,31H,4,7,13-14H2,1-3H3,(H,27,29). The molecule has 2 aromatic carbocycles. The predicted molar refractivity (Wildman–Crippen MR) is 142 cm³/mol. The fraction of sp³-hybridized carbons (Fsp3) is 0.360. The van der Waals surface area contributed by atoms with E-state index in [9.17, 15) is 31.1 Å². The van der Waals surface area contributed by atoms with Crippen LogP contribution in [0.15, 0.2) is 63.1 Å². The molecule has 1 amide bonds. The molecular formula is C25H29FN4O6S2. The van der Waals surface area contributed by atoms with Crippen LogP contribution in [0.25, 0.3) is 0 Å². The highest BCUT2D eigenvalue weighted by Crippen LogP contribution is 2.35. The second-order valence-electron chi connectivity index (χ2n) is 9.87. The van der Waals surface area contributed by atoms with Gasteiger partial charge in [0.15, 0.2) is 5.84 Å². The zero-order valence-corrected chi connectivity index (χ0v) is 22.7. The Balaban J connectivity index is 1.73. The summed E-state index contributed by atoms with van der Waals surface area (Å²) in [4.78, 5) is 14.8. The van der Waals surface area contributed by atoms with E-state index in [1.54, 1.807) is 12.1 Å². The number of hydrogen-bond acceptors (Lipinski definition) is 7. The minimum atomic E-state index is -4.36. The highest BCUT2D eigenvalue weighted by atomic mass is 32.2. The molecule has 10 nitrogen and oxygen atoms in total. The Morgan fingerprint density at radius 1 is 1.21 bits per heavy atom. The first kappa shape index (κ1) is 27.6. The van der Waals surface area contributed by atoms with Crippen molar-refractivity contribution in [2.45, 2.75) is 38.1 Å². The molecule has 2 aromatic rings. The average Bonchev–Trinajstić information content (AvgIpc) is 2.80. The summed E-state index contributed by atoms with van der Waals surface area (Å²) in [5.41, 5.74) is 0.534. The van der Waals surface area contributed by atoms with Gasteiger partial charge in [-0.2, -0.15) is 8.42 Å². The molecule has 38 heavy (non-hydrogen) atoms. The van der Waals surface area contributed by atoms with Crippen molar-refractivity contribution in [1.29, 1.82) is 0 Å². The highest BCUT2D eigenvalue weighted by Gasteiger charge is 2.39. The third-order valence-electron chi connectivity index (χ3n) is 6.23. The summed E-state index contributed by atoms with van der Waals surface area (Å²) >= 11 is 0. The van der Waals surface area contributed by atoms with Gasteiger partial charge >= 0.3 is 0 Å². The Morgan fingerprint density at radius 3 is 2.53 bits per heavy atom. The number of amides is 1. The highest BCUT2D eigenvalue weighted by molar-refractivity contribution is 7.92. The monoisotopic (exact) mass is 564 g/mol. The first-order valence-corrected chi connectivity index (χ1v) is 15.3. The van der Waals surface area contributed by atoms with E-state index in [0.717, 1.165) is 18.7 Å². The molecule has 3 N–H and O–H groups in total. The number of nitrogens with zero attached hydrogens (tertiary/aromatic N) is 2. The first-order chi connectivity index (χ1) is 17.7. The number of fused-ring (bicyclic) bond motifs is 1. The number of rotatable bonds is 8. The summed E-state index contributed by atoms with van der Waals surface area (Å²) in [5, 5.41) is 14.0. The second kappa shape index (κ2) is 10.4. The van der Waals surface area contributed by atoms with Crippen LogP contribution in [0, 0.1) is 17.7 Å². The van der Waals surface area contributed by atoms with Gasteiger partial charge in [-0.3, -0.25) is 9.52 Å². The molecule has 0 bridgehead atoms. The molecule has 2 heterocycles. The number of hydrogen-bond donors (Lipinski definition) is 3. The molecule has 1 atom stereocenters. The van der Waals surface area contributed by atoms with Gasteiger partial charge in [0.2, 0.25) is 10.0 Å². The zero-order valence-electron chi connectivity index (χ0n) is 21.1. The van der Waals surface area contributed by atoms with Crippen molar-refractivity contribution in [2.24, 2.45) is 16.2 Å². The maximum absolute atomic E-state index is 13.6. The van der Waals surface area contributed by atoms with Crippen LogP contribution in [0.5, 0.6) is 0 Å². The molecule has 0 radical (unpaired) electrons. The quantitative estimate of drug-likeness (QED) is 0.444. The van der Waals surface area contributed by atoms with Crippen LogP contribution in [0.4, 0.5) is 15.8 Å². The van der Waals surface area contributed by atoms with Gasteiger partial charge < -0.3 is 15.3 Å². The minimum absolute atomic E-state index is 0.0327. The number of sulfonamides is 2. The fourth-order valence-corrected chi connectivity index (χ4v) is 6.09. The molecule has 0 saturated carbocycles. The molecule has 0 aromatic heterocycles. The van der Waals surface area contributed by atoms with Crippen molar-refractivity contribution in [1.82, 2.24) is 4.90 Å². The van der Waals surface area contributed by atoms with Gasteiger partial charge in [0, 0.05) is 24.7 Å². The van der Waals surface area contributed by atoms with E-state index >= 15 is 0 Å². The van der Waals surface area contributed by atoms with Crippen molar-refractivity contribution in [3.63, 3.8) is 0 Å². The summed E-state index contributed by atoms with van der Waals surface area (Å²) < 4.78 is 68.7. The van der Waals surface area contributed by atoms with Crippen molar-refractivity contribution < 1.29 is 31.1 Å². The van der Waals surface area contributed by atoms with Gasteiger partial charge in [0.25, 0.3) is 15.9 Å². The molecule has 0 aliphatic carbocycles. The van der Waals surface area contributed by atoms with E-state index in [1.165, 1.54) is 29.2 Å². The predicted octanol–water partition coefficient (Wildman–Crippen LogP) is 3.62. The van der Waals surface area contributed by atoms with Gasteiger partial charge in [-0.25, -0.2) is 12.8 Å². The van der Waals surface area contributed by atoms with Crippen molar-refractivity contribution in [2.75, 3.05) is 22.8 Å². The van der Waals surface area contributed by atoms with Crippen LogP contribution in [-0.2, 0) is 31.4 Å². The van der Waals surface area contributed by atoms with Crippen LogP contribution in [0.1, 0.15) is 32.3 Å². The van der Waals surface area contributed by atoms with Gasteiger partial charge in [0.05, 0.1) is 11.9 Å². The summed E-state index contributed by atoms with van der Waals surface area (Å²) in [6.45, 7) is 4.41. The fourth-order valence-electron chi connectivity index (χ4n) is 4.38. The Hall–Kier alpha value is -3.45. The minimum Gasteiger partial charge on any atom is -0.511 e. The van der Waals surface area contributed by atoms with Gasteiger partial charge in [0.1, 0.15) is 22.0 Å². The van der Waals surface area contributed by atoms with Gasteiger partial charge in [-0.15, -0.1) is 4.40 Å². The second-order valence-corrected chi connectivity index (χ2v) is 13.2. The molecule has 0 fully saturated rings. The Labute approximate surface area is 221 Å².